The molecule has 0 aliphatic rings. The van der Waals surface area contributed by atoms with Gasteiger partial charge in [-0.05, 0) is 59.0 Å². The molecule has 0 aliphatic carbocycles. The maximum absolute atomic E-state index is 5.29. The summed E-state index contributed by atoms with van der Waals surface area (Å²) in [7, 11) is 0. The van der Waals surface area contributed by atoms with Crippen molar-refractivity contribution in [2.24, 2.45) is 0 Å². The number of hydrogen-bond donors (Lipinski definition) is 0. The molecule has 0 saturated heterocycles. The molecule has 3 heterocycles. The van der Waals surface area contributed by atoms with Gasteiger partial charge in [0.1, 0.15) is 0 Å². The van der Waals surface area contributed by atoms with Gasteiger partial charge >= 0.3 is 0 Å². The van der Waals surface area contributed by atoms with Crippen molar-refractivity contribution < 1.29 is 0 Å². The Morgan fingerprint density at radius 3 is 1.71 bits per heavy atom. The van der Waals surface area contributed by atoms with Gasteiger partial charge in [-0.25, -0.2) is 15.0 Å². The van der Waals surface area contributed by atoms with Crippen molar-refractivity contribution in [2.45, 2.75) is 6.92 Å². The molecule has 0 amide bonds. The highest BCUT2D eigenvalue weighted by atomic mass is 32.1. The first-order valence-electron chi connectivity index (χ1n) is 18.8. The van der Waals surface area contributed by atoms with Crippen LogP contribution in [0.15, 0.2) is 176 Å². The van der Waals surface area contributed by atoms with Crippen LogP contribution in [0.4, 0.5) is 0 Å². The first-order chi connectivity index (χ1) is 27.7. The summed E-state index contributed by atoms with van der Waals surface area (Å²) in [4.78, 5) is 16.7. The Kier molecular flexibility index (Phi) is 8.39. The molecule has 0 fully saturated rings. The van der Waals surface area contributed by atoms with Crippen LogP contribution in [0.3, 0.4) is 0 Å². The second-order valence-electron chi connectivity index (χ2n) is 13.9. The zero-order valence-electron chi connectivity index (χ0n) is 30.8. The molecule has 3 nitrogen and oxygen atoms in total. The summed E-state index contributed by atoms with van der Waals surface area (Å²) in [5.74, 6) is 0.702. The molecule has 264 valence electrons. The van der Waals surface area contributed by atoms with Gasteiger partial charge in [0.05, 0.1) is 22.4 Å². The molecule has 10 aromatic rings. The molecule has 0 N–H and O–H groups in total. The minimum Gasteiger partial charge on any atom is -0.247 e. The SMILES string of the molecule is C=Cc1sc2c(ccc3c(-c4cccc(-c5ccc(-c6nc(-c7cccc(-c8ccccc8)c7)c7ccccc7n6)cc5)c4)nc4ccccc4c32)c1/C=C\C. The van der Waals surface area contributed by atoms with Gasteiger partial charge in [-0.1, -0.05) is 164 Å². The second kappa shape index (κ2) is 14.0. The van der Waals surface area contributed by atoms with E-state index in [9.17, 15) is 0 Å². The average molecular weight is 734 g/mol. The Balaban J connectivity index is 1.05. The van der Waals surface area contributed by atoms with Crippen LogP contribution < -0.4 is 0 Å². The third-order valence-electron chi connectivity index (χ3n) is 10.6. The zero-order chi connectivity index (χ0) is 37.6. The molecule has 0 spiro atoms. The largest absolute Gasteiger partial charge is 0.247 e. The van der Waals surface area contributed by atoms with E-state index < -0.39 is 0 Å². The molecule has 56 heavy (non-hydrogen) atoms. The quantitative estimate of drug-likeness (QED) is 0.153. The number of benzene rings is 7. The molecule has 3 aromatic heterocycles. The third kappa shape index (κ3) is 5.79. The summed E-state index contributed by atoms with van der Waals surface area (Å²) in [6.45, 7) is 6.20. The molecule has 0 aliphatic heterocycles. The number of aromatic nitrogens is 3. The minimum absolute atomic E-state index is 0.702. The van der Waals surface area contributed by atoms with E-state index >= 15 is 0 Å². The van der Waals surface area contributed by atoms with E-state index in [0.717, 1.165) is 72.0 Å². The number of nitrogens with zero attached hydrogens (tertiary/aromatic N) is 3. The summed E-state index contributed by atoms with van der Waals surface area (Å²) < 4.78 is 1.26. The van der Waals surface area contributed by atoms with Crippen LogP contribution in [0.5, 0.6) is 0 Å². The smallest absolute Gasteiger partial charge is 0.160 e. The summed E-state index contributed by atoms with van der Waals surface area (Å²) >= 11 is 1.80. The van der Waals surface area contributed by atoms with E-state index in [4.69, 9.17) is 15.0 Å². The first-order valence-corrected chi connectivity index (χ1v) is 19.7. The first kappa shape index (κ1) is 33.6. The average Bonchev–Trinajstić information content (AvgIpc) is 3.63. The van der Waals surface area contributed by atoms with E-state index in [2.05, 4.69) is 177 Å². The summed E-state index contributed by atoms with van der Waals surface area (Å²) in [5, 5.41) is 5.82. The molecular weight excluding hydrogens is 699 g/mol. The van der Waals surface area contributed by atoms with Crippen molar-refractivity contribution in [1.82, 2.24) is 15.0 Å². The van der Waals surface area contributed by atoms with Crippen LogP contribution in [-0.2, 0) is 0 Å². The van der Waals surface area contributed by atoms with Gasteiger partial charge in [0.15, 0.2) is 5.82 Å². The molecule has 10 rings (SSSR count). The van der Waals surface area contributed by atoms with Gasteiger partial charge < -0.3 is 0 Å². The van der Waals surface area contributed by atoms with Gasteiger partial charge in [0.2, 0.25) is 0 Å². The standard InChI is InChI=1S/C52H35N3S/c1-3-14-40-41-29-30-44-48(51(41)56-47(40)4-2)42-21-8-10-23-45(42)53-50(44)39-20-13-18-37(32-39)34-25-27-35(28-26-34)52-54-46-24-11-9-22-43(46)49(55-52)38-19-12-17-36(31-38)33-15-6-5-7-16-33/h3-32H,2H2,1H3/b14-3-. The maximum atomic E-state index is 5.29. The molecule has 0 atom stereocenters. The molecule has 0 saturated carbocycles. The summed E-state index contributed by atoms with van der Waals surface area (Å²) in [6, 6.07) is 57.7. The number of thiophene rings is 1. The Labute approximate surface area is 329 Å². The number of para-hydroxylation sites is 2. The van der Waals surface area contributed by atoms with Crippen molar-refractivity contribution >= 4 is 66.2 Å². The number of pyridine rings is 1. The molecule has 7 aromatic carbocycles. The Bertz CT molecular complexity index is 3160. The minimum atomic E-state index is 0.702. The van der Waals surface area contributed by atoms with Crippen LogP contribution >= 0.6 is 11.3 Å². The lowest BCUT2D eigenvalue weighted by molar-refractivity contribution is 1.23. The third-order valence-corrected chi connectivity index (χ3v) is 11.8. The fourth-order valence-electron chi connectivity index (χ4n) is 7.90. The van der Waals surface area contributed by atoms with Crippen LogP contribution in [0.25, 0.3) is 111 Å². The van der Waals surface area contributed by atoms with Crippen molar-refractivity contribution in [2.75, 3.05) is 0 Å². The summed E-state index contributed by atoms with van der Waals surface area (Å²) in [5.41, 5.74) is 12.7. The van der Waals surface area contributed by atoms with Gasteiger partial charge in [-0.2, -0.15) is 0 Å². The lowest BCUT2D eigenvalue weighted by Gasteiger charge is -2.13. The van der Waals surface area contributed by atoms with Crippen LogP contribution in [0.2, 0.25) is 0 Å². The van der Waals surface area contributed by atoms with Gasteiger partial charge in [0, 0.05) is 53.2 Å². The van der Waals surface area contributed by atoms with E-state index in [1.54, 1.807) is 11.3 Å². The monoisotopic (exact) mass is 733 g/mol. The zero-order valence-corrected chi connectivity index (χ0v) is 31.6. The van der Waals surface area contributed by atoms with Crippen LogP contribution in [0.1, 0.15) is 17.4 Å². The number of hydrogen-bond acceptors (Lipinski definition) is 4. The fourth-order valence-corrected chi connectivity index (χ4v) is 9.10. The normalized spacial score (nSPS) is 11.7. The second-order valence-corrected chi connectivity index (χ2v) is 15.0. The predicted octanol–water partition coefficient (Wildman–Crippen LogP) is 14.6. The van der Waals surface area contributed by atoms with E-state index in [0.29, 0.717) is 5.82 Å². The molecule has 0 unspecified atom stereocenters. The maximum Gasteiger partial charge on any atom is 0.160 e. The highest BCUT2D eigenvalue weighted by Crippen LogP contribution is 2.43. The predicted molar refractivity (Wildman–Crippen MR) is 240 cm³/mol. The van der Waals surface area contributed by atoms with Gasteiger partial charge in [-0.3, -0.25) is 0 Å². The highest BCUT2D eigenvalue weighted by molar-refractivity contribution is 7.21. The van der Waals surface area contributed by atoms with Crippen molar-refractivity contribution in [3.8, 4) is 56.2 Å². The Morgan fingerprint density at radius 1 is 0.464 bits per heavy atom. The van der Waals surface area contributed by atoms with E-state index in [-0.39, 0.29) is 0 Å². The molecule has 0 radical (unpaired) electrons. The van der Waals surface area contributed by atoms with E-state index in [1.165, 1.54) is 31.5 Å². The number of allylic oxidation sites excluding steroid dienone is 1. The van der Waals surface area contributed by atoms with Gasteiger partial charge in [-0.15, -0.1) is 11.3 Å². The van der Waals surface area contributed by atoms with E-state index in [1.807, 2.05) is 18.2 Å². The van der Waals surface area contributed by atoms with Crippen LogP contribution in [-0.4, -0.2) is 15.0 Å². The number of fused-ring (bicyclic) bond motifs is 6. The Hall–Kier alpha value is -7.01. The van der Waals surface area contributed by atoms with Crippen LogP contribution in [0, 0.1) is 0 Å². The topological polar surface area (TPSA) is 38.7 Å². The molecule has 4 heteroatoms. The Morgan fingerprint density at radius 2 is 1.02 bits per heavy atom. The summed E-state index contributed by atoms with van der Waals surface area (Å²) in [6.07, 6.45) is 6.27. The molecular formula is C52H35N3S. The lowest BCUT2D eigenvalue weighted by atomic mass is 9.95. The van der Waals surface area contributed by atoms with Crippen molar-refractivity contribution in [3.05, 3.63) is 187 Å². The molecule has 0 bridgehead atoms. The number of rotatable bonds is 7. The highest BCUT2D eigenvalue weighted by Gasteiger charge is 2.18. The van der Waals surface area contributed by atoms with Crippen molar-refractivity contribution in [1.29, 1.82) is 0 Å². The van der Waals surface area contributed by atoms with Gasteiger partial charge in [0.25, 0.3) is 0 Å². The van der Waals surface area contributed by atoms with Crippen molar-refractivity contribution in [3.63, 3.8) is 0 Å². The fraction of sp³-hybridized carbons (Fsp3) is 0.0192. The lowest BCUT2D eigenvalue weighted by Crippen LogP contribution is -1.95.